The van der Waals surface area contributed by atoms with Crippen LogP contribution < -0.4 is 10.6 Å². The first kappa shape index (κ1) is 23.6. The van der Waals surface area contributed by atoms with Crippen molar-refractivity contribution in [2.75, 3.05) is 10.6 Å². The lowest BCUT2D eigenvalue weighted by Gasteiger charge is -2.29. The zero-order chi connectivity index (χ0) is 23.7. The molecule has 1 heterocycles. The van der Waals surface area contributed by atoms with Gasteiger partial charge in [-0.05, 0) is 55.7 Å². The van der Waals surface area contributed by atoms with Crippen LogP contribution in [0.3, 0.4) is 0 Å². The van der Waals surface area contributed by atoms with E-state index in [0.29, 0.717) is 27.0 Å². The molecule has 0 saturated heterocycles. The zero-order valence-electron chi connectivity index (χ0n) is 17.9. The summed E-state index contributed by atoms with van der Waals surface area (Å²) in [7, 11) is 0. The lowest BCUT2D eigenvalue weighted by Crippen LogP contribution is -2.42. The highest BCUT2D eigenvalue weighted by Crippen LogP contribution is 2.33. The van der Waals surface area contributed by atoms with Gasteiger partial charge in [0.25, 0.3) is 17.7 Å². The molecule has 0 radical (unpaired) electrons. The molecule has 33 heavy (non-hydrogen) atoms. The van der Waals surface area contributed by atoms with Crippen LogP contribution in [-0.4, -0.2) is 28.7 Å². The van der Waals surface area contributed by atoms with Gasteiger partial charge < -0.3 is 10.6 Å². The van der Waals surface area contributed by atoms with Crippen LogP contribution in [0.1, 0.15) is 48.0 Å². The number of benzene rings is 2. The normalized spacial score (nSPS) is 17.0. The Morgan fingerprint density at radius 1 is 0.939 bits per heavy atom. The highest BCUT2D eigenvalue weighted by atomic mass is 35.5. The van der Waals surface area contributed by atoms with Crippen LogP contribution in [0.4, 0.5) is 11.4 Å². The number of carbonyl (C=O) groups is 3. The van der Waals surface area contributed by atoms with E-state index in [1.54, 1.807) is 30.3 Å². The van der Waals surface area contributed by atoms with E-state index in [1.165, 1.54) is 11.0 Å². The minimum Gasteiger partial charge on any atom is -0.349 e. The fourth-order valence-electron chi connectivity index (χ4n) is 4.12. The predicted molar refractivity (Wildman–Crippen MR) is 131 cm³/mol. The van der Waals surface area contributed by atoms with Gasteiger partial charge in [0.15, 0.2) is 0 Å². The van der Waals surface area contributed by atoms with E-state index in [4.69, 9.17) is 34.8 Å². The van der Waals surface area contributed by atoms with Crippen LogP contribution in [-0.2, 0) is 9.59 Å². The van der Waals surface area contributed by atoms with Crippen molar-refractivity contribution < 1.29 is 14.4 Å². The van der Waals surface area contributed by atoms with Gasteiger partial charge in [-0.2, -0.15) is 0 Å². The van der Waals surface area contributed by atoms with Gasteiger partial charge in [-0.3, -0.25) is 19.3 Å². The van der Waals surface area contributed by atoms with Gasteiger partial charge in [-0.1, -0.05) is 60.1 Å². The van der Waals surface area contributed by atoms with E-state index in [1.807, 2.05) is 6.92 Å². The quantitative estimate of drug-likeness (QED) is 0.479. The fraction of sp³-hybridized carbons (Fsp3) is 0.292. The van der Waals surface area contributed by atoms with Crippen molar-refractivity contribution in [2.45, 2.75) is 45.1 Å². The van der Waals surface area contributed by atoms with Crippen molar-refractivity contribution in [3.8, 4) is 0 Å². The predicted octanol–water partition coefficient (Wildman–Crippen LogP) is 6.12. The summed E-state index contributed by atoms with van der Waals surface area (Å²) in [6.45, 7) is 1.83. The van der Waals surface area contributed by atoms with Crippen molar-refractivity contribution in [3.05, 3.63) is 68.3 Å². The van der Waals surface area contributed by atoms with Crippen molar-refractivity contribution >= 4 is 63.9 Å². The van der Waals surface area contributed by atoms with Crippen LogP contribution in [0.15, 0.2) is 47.1 Å². The molecule has 0 spiro atoms. The lowest BCUT2D eigenvalue weighted by atomic mass is 9.94. The molecule has 6 nitrogen and oxygen atoms in total. The van der Waals surface area contributed by atoms with Gasteiger partial charge in [0.05, 0.1) is 10.7 Å². The molecule has 9 heteroatoms. The fourth-order valence-corrected chi connectivity index (χ4v) is 4.79. The number of amides is 3. The van der Waals surface area contributed by atoms with Gasteiger partial charge in [-0.25, -0.2) is 0 Å². The highest BCUT2D eigenvalue weighted by Gasteiger charge is 2.42. The summed E-state index contributed by atoms with van der Waals surface area (Å²) in [5.74, 6) is -1.29. The molecule has 1 aliphatic heterocycles. The Balaban J connectivity index is 1.55. The minimum atomic E-state index is -0.472. The van der Waals surface area contributed by atoms with Crippen molar-refractivity contribution in [1.82, 2.24) is 4.90 Å². The van der Waals surface area contributed by atoms with Gasteiger partial charge in [0.2, 0.25) is 0 Å². The Bertz CT molecular complexity index is 1170. The van der Waals surface area contributed by atoms with Gasteiger partial charge in [0, 0.05) is 22.3 Å². The maximum Gasteiger partial charge on any atom is 0.279 e. The van der Waals surface area contributed by atoms with E-state index in [-0.39, 0.29) is 22.7 Å². The SMILES string of the molecule is Cc1ccc(C(=O)Nc2ccc(Cl)cc2Cl)cc1NC1=C(Cl)C(=O)N(C2CCCCC2)C1=O. The van der Waals surface area contributed by atoms with Crippen LogP contribution >= 0.6 is 34.8 Å². The lowest BCUT2D eigenvalue weighted by molar-refractivity contribution is -0.140. The van der Waals surface area contributed by atoms with Crippen LogP contribution in [0.2, 0.25) is 10.0 Å². The number of hydrogen-bond acceptors (Lipinski definition) is 4. The molecule has 3 amide bonds. The number of imide groups is 1. The molecule has 1 saturated carbocycles. The summed E-state index contributed by atoms with van der Waals surface area (Å²) in [6, 6.07) is 9.65. The van der Waals surface area contributed by atoms with Crippen LogP contribution in [0.25, 0.3) is 0 Å². The van der Waals surface area contributed by atoms with E-state index in [2.05, 4.69) is 10.6 Å². The molecule has 1 aliphatic carbocycles. The molecule has 172 valence electrons. The van der Waals surface area contributed by atoms with Crippen molar-refractivity contribution in [3.63, 3.8) is 0 Å². The maximum atomic E-state index is 13.1. The first-order chi connectivity index (χ1) is 15.8. The van der Waals surface area contributed by atoms with E-state index in [0.717, 1.165) is 37.7 Å². The topological polar surface area (TPSA) is 78.5 Å². The van der Waals surface area contributed by atoms with Gasteiger partial charge in [0.1, 0.15) is 10.7 Å². The number of rotatable bonds is 5. The molecule has 2 N–H and O–H groups in total. The second kappa shape index (κ2) is 9.75. The number of halogens is 3. The average Bonchev–Trinajstić information content (AvgIpc) is 3.00. The Labute approximate surface area is 206 Å². The van der Waals surface area contributed by atoms with Crippen LogP contribution in [0.5, 0.6) is 0 Å². The number of hydrogen-bond donors (Lipinski definition) is 2. The molecule has 0 bridgehead atoms. The standard InChI is InChI=1S/C24H22Cl3N3O3/c1-13-7-8-14(22(31)29-18-10-9-15(25)12-17(18)26)11-19(13)28-21-20(27)23(32)30(24(21)33)16-5-3-2-4-6-16/h7-12,16,28H,2-6H2,1H3,(H,29,31). The summed E-state index contributed by atoms with van der Waals surface area (Å²) in [4.78, 5) is 39.9. The first-order valence-electron chi connectivity index (χ1n) is 10.7. The maximum absolute atomic E-state index is 13.1. The van der Waals surface area contributed by atoms with E-state index >= 15 is 0 Å². The molecule has 4 rings (SSSR count). The Morgan fingerprint density at radius 3 is 2.36 bits per heavy atom. The molecule has 2 aliphatic rings. The average molecular weight is 507 g/mol. The molecule has 0 aromatic heterocycles. The second-order valence-corrected chi connectivity index (χ2v) is 9.42. The summed E-state index contributed by atoms with van der Waals surface area (Å²) < 4.78 is 0. The number of nitrogens with zero attached hydrogens (tertiary/aromatic N) is 1. The second-order valence-electron chi connectivity index (χ2n) is 8.19. The Morgan fingerprint density at radius 2 is 1.67 bits per heavy atom. The molecular formula is C24H22Cl3N3O3. The van der Waals surface area contributed by atoms with E-state index in [9.17, 15) is 14.4 Å². The number of aryl methyl sites for hydroxylation is 1. The van der Waals surface area contributed by atoms with Crippen LogP contribution in [0, 0.1) is 6.92 Å². The summed E-state index contributed by atoms with van der Waals surface area (Å²) >= 11 is 18.3. The summed E-state index contributed by atoms with van der Waals surface area (Å²) in [6.07, 6.45) is 4.65. The van der Waals surface area contributed by atoms with Gasteiger partial charge >= 0.3 is 0 Å². The zero-order valence-corrected chi connectivity index (χ0v) is 20.2. The smallest absolute Gasteiger partial charge is 0.279 e. The monoisotopic (exact) mass is 505 g/mol. The van der Waals surface area contributed by atoms with Gasteiger partial charge in [-0.15, -0.1) is 0 Å². The van der Waals surface area contributed by atoms with Crippen molar-refractivity contribution in [2.24, 2.45) is 0 Å². The highest BCUT2D eigenvalue weighted by molar-refractivity contribution is 6.48. The molecule has 1 fully saturated rings. The number of nitrogens with one attached hydrogen (secondary N) is 2. The Hall–Kier alpha value is -2.54. The molecule has 2 aromatic rings. The molecular weight excluding hydrogens is 485 g/mol. The largest absolute Gasteiger partial charge is 0.349 e. The summed E-state index contributed by atoms with van der Waals surface area (Å²) in [5.41, 5.74) is 2.08. The third-order valence-corrected chi connectivity index (χ3v) is 6.84. The molecule has 0 atom stereocenters. The third-order valence-electron chi connectivity index (χ3n) is 5.94. The first-order valence-corrected chi connectivity index (χ1v) is 11.8. The minimum absolute atomic E-state index is 0.0358. The number of carbonyl (C=O) groups excluding carboxylic acids is 3. The third kappa shape index (κ3) is 4.88. The molecule has 0 unspecified atom stereocenters. The van der Waals surface area contributed by atoms with E-state index < -0.39 is 11.8 Å². The number of anilines is 2. The Kier molecular flexibility index (Phi) is 6.98. The molecule has 2 aromatic carbocycles. The van der Waals surface area contributed by atoms with Crippen molar-refractivity contribution in [1.29, 1.82) is 0 Å². The summed E-state index contributed by atoms with van der Waals surface area (Å²) in [5, 5.41) is 6.39.